The van der Waals surface area contributed by atoms with Crippen molar-refractivity contribution in [3.05, 3.63) is 83.4 Å². The number of carbonyl (C=O) groups excluding carboxylic acids is 1. The summed E-state index contributed by atoms with van der Waals surface area (Å²) in [5.41, 5.74) is 2.50. The first-order chi connectivity index (χ1) is 19.5. The number of fused-ring (bicyclic) bond motifs is 1. The van der Waals surface area contributed by atoms with Gasteiger partial charge in [0.25, 0.3) is 0 Å². The van der Waals surface area contributed by atoms with Gasteiger partial charge in [-0.1, -0.05) is 13.0 Å². The third-order valence-corrected chi connectivity index (χ3v) is 7.13. The number of alkyl halides is 3. The lowest BCUT2D eigenvalue weighted by molar-refractivity contribution is -0.274. The van der Waals surface area contributed by atoms with Crippen molar-refractivity contribution >= 4 is 35.3 Å². The number of halogens is 6. The number of Topliss-reactive ketones (excluding diaryl/α,β-unsaturated/α-hetero) is 1. The van der Waals surface area contributed by atoms with Gasteiger partial charge in [-0.25, -0.2) is 18.7 Å². The van der Waals surface area contributed by atoms with E-state index in [1.54, 1.807) is 16.5 Å². The van der Waals surface area contributed by atoms with Crippen LogP contribution in [-0.4, -0.2) is 52.2 Å². The Kier molecular flexibility index (Phi) is 9.24. The number of rotatable bonds is 8. The zero-order valence-electron chi connectivity index (χ0n) is 22.9. The topological polar surface area (TPSA) is 63.0 Å². The van der Waals surface area contributed by atoms with Crippen LogP contribution in [0.4, 0.5) is 33.5 Å². The van der Waals surface area contributed by atoms with E-state index < -0.39 is 23.7 Å². The van der Waals surface area contributed by atoms with Crippen molar-refractivity contribution in [1.29, 1.82) is 0 Å². The lowest BCUT2D eigenvalue weighted by Gasteiger charge is -2.41. The molecule has 0 aliphatic carbocycles. The molecule has 1 aliphatic heterocycles. The van der Waals surface area contributed by atoms with Crippen LogP contribution in [0.3, 0.4) is 0 Å². The van der Waals surface area contributed by atoms with Crippen LogP contribution in [0.25, 0.3) is 5.65 Å². The first-order valence-electron chi connectivity index (χ1n) is 13.2. The molecule has 1 atom stereocenters. The maximum absolute atomic E-state index is 15.2. The molecule has 224 valence electrons. The van der Waals surface area contributed by atoms with Crippen LogP contribution in [-0.2, 0) is 12.8 Å². The molecule has 0 saturated carbocycles. The molecule has 1 saturated heterocycles. The third-order valence-electron chi connectivity index (χ3n) is 7.13. The Morgan fingerprint density at radius 2 is 1.88 bits per heavy atom. The van der Waals surface area contributed by atoms with Gasteiger partial charge in [0.2, 0.25) is 0 Å². The van der Waals surface area contributed by atoms with Gasteiger partial charge >= 0.3 is 6.36 Å². The Morgan fingerprint density at radius 1 is 1.10 bits per heavy atom. The van der Waals surface area contributed by atoms with Gasteiger partial charge in [-0.2, -0.15) is 0 Å². The number of pyridine rings is 2. The molecule has 1 fully saturated rings. The summed E-state index contributed by atoms with van der Waals surface area (Å²) in [7, 11) is 0. The molecular formula is C29H29ClF5N5O2. The second-order valence-corrected chi connectivity index (χ2v) is 9.93. The molecule has 0 N–H and O–H groups in total. The minimum Gasteiger partial charge on any atom is -0.404 e. The number of ketones is 1. The standard InChI is InChI=1S/C29H28F5N5O2.ClH/c1-3-23-28(39-11-10-20(30)15-27(39)36-23)25(40)8-5-19-4-7-24(22(31)14-19)37-12-13-38(18(2)17-37)26-9-6-21(16-35-26)41-29(32,33)34;/h4,6-7,9-11,14-16,18H,3,5,8,12-13,17H2,1-2H3;1H/t18-;/m0./s1. The van der Waals surface area contributed by atoms with E-state index in [9.17, 15) is 22.4 Å². The van der Waals surface area contributed by atoms with Gasteiger partial charge in [0.15, 0.2) is 5.78 Å². The molecule has 7 nitrogen and oxygen atoms in total. The van der Waals surface area contributed by atoms with E-state index in [-0.39, 0.29) is 30.7 Å². The number of hydrogen-bond donors (Lipinski definition) is 0. The largest absolute Gasteiger partial charge is 0.573 e. The molecule has 1 aliphatic rings. The van der Waals surface area contributed by atoms with Crippen LogP contribution < -0.4 is 14.5 Å². The van der Waals surface area contributed by atoms with Crippen LogP contribution in [0, 0.1) is 11.6 Å². The summed E-state index contributed by atoms with van der Waals surface area (Å²) in [5, 5.41) is 0. The molecule has 42 heavy (non-hydrogen) atoms. The van der Waals surface area contributed by atoms with Gasteiger partial charge < -0.3 is 14.5 Å². The summed E-state index contributed by atoms with van der Waals surface area (Å²) in [6, 6.07) is 10.1. The molecule has 13 heteroatoms. The molecular weight excluding hydrogens is 581 g/mol. The van der Waals surface area contributed by atoms with Crippen molar-refractivity contribution < 1.29 is 31.5 Å². The maximum atomic E-state index is 15.2. The van der Waals surface area contributed by atoms with Gasteiger partial charge in [0, 0.05) is 44.4 Å². The quantitative estimate of drug-likeness (QED) is 0.170. The van der Waals surface area contributed by atoms with Gasteiger partial charge in [-0.15, -0.1) is 25.6 Å². The van der Waals surface area contributed by atoms with Crippen LogP contribution in [0.5, 0.6) is 5.75 Å². The molecule has 0 amide bonds. The number of piperazine rings is 1. The molecule has 4 heterocycles. The summed E-state index contributed by atoms with van der Waals surface area (Å²) in [4.78, 5) is 25.4. The summed E-state index contributed by atoms with van der Waals surface area (Å²) >= 11 is 0. The fraction of sp³-hybridized carbons (Fsp3) is 0.345. The maximum Gasteiger partial charge on any atom is 0.573 e. The van der Waals surface area contributed by atoms with Crippen molar-refractivity contribution in [3.8, 4) is 5.75 Å². The minimum atomic E-state index is -4.78. The van der Waals surface area contributed by atoms with Crippen molar-refractivity contribution in [2.75, 3.05) is 29.4 Å². The minimum absolute atomic E-state index is 0. The molecule has 1 aromatic carbocycles. The average molecular weight is 610 g/mol. The highest BCUT2D eigenvalue weighted by Crippen LogP contribution is 2.28. The molecule has 4 aromatic rings. The Morgan fingerprint density at radius 3 is 2.52 bits per heavy atom. The molecule has 0 bridgehead atoms. The van der Waals surface area contributed by atoms with Crippen molar-refractivity contribution in [2.45, 2.75) is 45.5 Å². The van der Waals surface area contributed by atoms with E-state index in [1.807, 2.05) is 23.6 Å². The zero-order valence-corrected chi connectivity index (χ0v) is 23.7. The molecule has 3 aromatic heterocycles. The van der Waals surface area contributed by atoms with Gasteiger partial charge in [0.1, 0.15) is 34.5 Å². The summed E-state index contributed by atoms with van der Waals surface area (Å²) in [6.45, 7) is 5.27. The van der Waals surface area contributed by atoms with E-state index >= 15 is 4.39 Å². The Hall–Kier alpha value is -3.93. The highest BCUT2D eigenvalue weighted by Gasteiger charge is 2.32. The predicted molar refractivity (Wildman–Crippen MR) is 151 cm³/mol. The number of benzene rings is 1. The Bertz CT molecular complexity index is 1560. The number of anilines is 2. The monoisotopic (exact) mass is 609 g/mol. The van der Waals surface area contributed by atoms with Crippen LogP contribution in [0.15, 0.2) is 54.9 Å². The predicted octanol–water partition coefficient (Wildman–Crippen LogP) is 6.42. The van der Waals surface area contributed by atoms with Crippen molar-refractivity contribution in [3.63, 3.8) is 0 Å². The Balaban J connectivity index is 0.00000405. The lowest BCUT2D eigenvalue weighted by Crippen LogP contribution is -2.52. The highest BCUT2D eigenvalue weighted by atomic mass is 35.5. The second kappa shape index (κ2) is 12.5. The third kappa shape index (κ3) is 6.75. The fourth-order valence-corrected chi connectivity index (χ4v) is 5.20. The highest BCUT2D eigenvalue weighted by molar-refractivity contribution is 5.96. The summed E-state index contributed by atoms with van der Waals surface area (Å²) in [6.07, 6.45) is -1.26. The lowest BCUT2D eigenvalue weighted by atomic mass is 10.0. The number of nitrogens with zero attached hydrogens (tertiary/aromatic N) is 5. The zero-order chi connectivity index (χ0) is 29.3. The SMILES string of the molecule is CCc1nc2cc(F)ccn2c1C(=O)CCc1ccc(N2CCN(c3ccc(OC(F)(F)F)cn3)[C@@H](C)C2)c(F)c1.Cl. The number of aryl methyl sites for hydroxylation is 2. The number of hydrogen-bond acceptors (Lipinski definition) is 6. The van der Waals surface area contributed by atoms with Crippen molar-refractivity contribution in [1.82, 2.24) is 14.4 Å². The van der Waals surface area contributed by atoms with E-state index in [4.69, 9.17) is 0 Å². The van der Waals surface area contributed by atoms with Crippen LogP contribution >= 0.6 is 12.4 Å². The van der Waals surface area contributed by atoms with Crippen LogP contribution in [0.2, 0.25) is 0 Å². The summed E-state index contributed by atoms with van der Waals surface area (Å²) in [5.74, 6) is -0.865. The second-order valence-electron chi connectivity index (χ2n) is 9.93. The number of imidazole rings is 1. The average Bonchev–Trinajstić information content (AvgIpc) is 3.29. The number of ether oxygens (including phenoxy) is 1. The van der Waals surface area contributed by atoms with E-state index in [0.717, 1.165) is 6.20 Å². The molecule has 0 unspecified atom stereocenters. The summed E-state index contributed by atoms with van der Waals surface area (Å²) < 4.78 is 71.6. The van der Waals surface area contributed by atoms with Gasteiger partial charge in [0.05, 0.1) is 17.6 Å². The van der Waals surface area contributed by atoms with Gasteiger partial charge in [-0.05, 0) is 55.7 Å². The molecule has 0 spiro atoms. The van der Waals surface area contributed by atoms with Crippen molar-refractivity contribution in [2.24, 2.45) is 0 Å². The first kappa shape index (κ1) is 31.0. The smallest absolute Gasteiger partial charge is 0.404 e. The van der Waals surface area contributed by atoms with E-state index in [0.29, 0.717) is 66.6 Å². The molecule has 5 rings (SSSR count). The fourth-order valence-electron chi connectivity index (χ4n) is 5.20. The molecule has 0 radical (unpaired) electrons. The van der Waals surface area contributed by atoms with E-state index in [2.05, 4.69) is 14.7 Å². The van der Waals surface area contributed by atoms with Gasteiger partial charge in [-0.3, -0.25) is 9.20 Å². The first-order valence-corrected chi connectivity index (χ1v) is 13.2. The number of carbonyl (C=O) groups is 1. The van der Waals surface area contributed by atoms with E-state index in [1.165, 1.54) is 36.5 Å². The normalized spacial score (nSPS) is 15.5. The Labute approximate surface area is 245 Å². The van der Waals surface area contributed by atoms with Crippen LogP contribution in [0.1, 0.15) is 42.0 Å². The number of aromatic nitrogens is 3.